The van der Waals surface area contributed by atoms with E-state index in [9.17, 15) is 0 Å². The average molecular weight is 307 g/mol. The molecule has 0 aromatic heterocycles. The molecule has 1 heteroatoms. The van der Waals surface area contributed by atoms with Crippen LogP contribution in [0, 0.1) is 0 Å². The molecule has 0 unspecified atom stereocenters. The van der Waals surface area contributed by atoms with Gasteiger partial charge in [-0.15, -0.1) is 0 Å². The zero-order chi connectivity index (χ0) is 13.1. The molecule has 0 spiro atoms. The molecule has 0 bridgehead atoms. The Morgan fingerprint density at radius 3 is 2.17 bits per heavy atom. The van der Waals surface area contributed by atoms with Crippen LogP contribution in [0.2, 0.25) is 0 Å². The van der Waals surface area contributed by atoms with Gasteiger partial charge in [0.2, 0.25) is 0 Å². The summed E-state index contributed by atoms with van der Waals surface area (Å²) in [5, 5.41) is 0. The summed E-state index contributed by atoms with van der Waals surface area (Å²) in [4.78, 5) is 0.582. The van der Waals surface area contributed by atoms with E-state index in [0.29, 0.717) is 15.7 Å². The van der Waals surface area contributed by atoms with Crippen molar-refractivity contribution in [2.45, 2.75) is 69.0 Å². The lowest BCUT2D eigenvalue weighted by Gasteiger charge is -2.42. The first kappa shape index (κ1) is 12.7. The highest BCUT2D eigenvalue weighted by Crippen LogP contribution is 2.49. The van der Waals surface area contributed by atoms with E-state index in [1.165, 1.54) is 25.7 Å². The van der Waals surface area contributed by atoms with Crippen molar-refractivity contribution in [1.82, 2.24) is 0 Å². The molecule has 0 saturated heterocycles. The minimum absolute atomic E-state index is 0.342. The lowest BCUT2D eigenvalue weighted by Crippen LogP contribution is -2.34. The van der Waals surface area contributed by atoms with E-state index in [4.69, 9.17) is 0 Å². The number of aryl methyl sites for hydroxylation is 1. The Bertz CT molecular complexity index is 497. The van der Waals surface area contributed by atoms with Crippen LogP contribution in [-0.4, -0.2) is 0 Å². The molecule has 1 atom stereocenters. The molecule has 18 heavy (non-hydrogen) atoms. The molecule has 2 aliphatic rings. The van der Waals surface area contributed by atoms with Crippen LogP contribution in [0.4, 0.5) is 0 Å². The summed E-state index contributed by atoms with van der Waals surface area (Å²) in [5.74, 6) is 0. The van der Waals surface area contributed by atoms with Crippen molar-refractivity contribution < 1.29 is 0 Å². The maximum Gasteiger partial charge on any atom is 0.0401 e. The summed E-state index contributed by atoms with van der Waals surface area (Å²) in [6.45, 7) is 9.64. The Morgan fingerprint density at radius 2 is 1.56 bits per heavy atom. The Hall–Kier alpha value is -0.300. The van der Waals surface area contributed by atoms with Crippen LogP contribution in [0.1, 0.15) is 74.0 Å². The van der Waals surface area contributed by atoms with E-state index in [1.54, 1.807) is 22.3 Å². The number of benzene rings is 1. The first-order valence-corrected chi connectivity index (χ1v) is 8.05. The summed E-state index contributed by atoms with van der Waals surface area (Å²) in [6.07, 6.45) is 5.12. The first-order chi connectivity index (χ1) is 8.31. The van der Waals surface area contributed by atoms with Gasteiger partial charge in [-0.3, -0.25) is 0 Å². The second kappa shape index (κ2) is 3.85. The molecule has 1 aromatic rings. The molecular formula is C17H23Br. The zero-order valence-electron chi connectivity index (χ0n) is 11.9. The molecule has 3 rings (SSSR count). The van der Waals surface area contributed by atoms with E-state index in [-0.39, 0.29) is 0 Å². The highest BCUT2D eigenvalue weighted by atomic mass is 79.9. The molecule has 0 amide bonds. The SMILES string of the molecule is CC1(C)CCC(C)(C)c2cc3c(cc21)CC[C@H]3Br. The van der Waals surface area contributed by atoms with E-state index in [0.717, 1.165) is 0 Å². The zero-order valence-corrected chi connectivity index (χ0v) is 13.5. The Labute approximate surface area is 119 Å². The molecule has 98 valence electrons. The molecule has 0 fully saturated rings. The van der Waals surface area contributed by atoms with Crippen molar-refractivity contribution in [2.24, 2.45) is 0 Å². The lowest BCUT2D eigenvalue weighted by atomic mass is 9.62. The second-order valence-corrected chi connectivity index (χ2v) is 8.48. The average Bonchev–Trinajstić information content (AvgIpc) is 2.66. The molecule has 0 nitrogen and oxygen atoms in total. The molecule has 1 aromatic carbocycles. The van der Waals surface area contributed by atoms with Crippen molar-refractivity contribution in [2.75, 3.05) is 0 Å². The monoisotopic (exact) mass is 306 g/mol. The number of fused-ring (bicyclic) bond motifs is 2. The van der Waals surface area contributed by atoms with E-state index in [2.05, 4.69) is 55.8 Å². The van der Waals surface area contributed by atoms with Crippen molar-refractivity contribution in [3.05, 3.63) is 34.4 Å². The van der Waals surface area contributed by atoms with Gasteiger partial charge in [-0.05, 0) is 58.8 Å². The largest absolute Gasteiger partial charge is 0.0839 e. The summed E-state index contributed by atoms with van der Waals surface area (Å²) < 4.78 is 0. The van der Waals surface area contributed by atoms with Crippen LogP contribution in [-0.2, 0) is 17.3 Å². The number of alkyl halides is 1. The summed E-state index contributed by atoms with van der Waals surface area (Å²) >= 11 is 3.83. The van der Waals surface area contributed by atoms with E-state index < -0.39 is 0 Å². The molecule has 2 aliphatic carbocycles. The Balaban J connectivity index is 2.24. The van der Waals surface area contributed by atoms with Crippen LogP contribution < -0.4 is 0 Å². The fourth-order valence-corrected chi connectivity index (χ4v) is 4.28. The smallest absolute Gasteiger partial charge is 0.0401 e. The fourth-order valence-electron chi connectivity index (χ4n) is 3.62. The predicted octanol–water partition coefficient (Wildman–Crippen LogP) is 5.42. The van der Waals surface area contributed by atoms with Crippen LogP contribution in [0.15, 0.2) is 12.1 Å². The normalized spacial score (nSPS) is 27.7. The van der Waals surface area contributed by atoms with Gasteiger partial charge >= 0.3 is 0 Å². The number of hydrogen-bond donors (Lipinski definition) is 0. The number of halogens is 1. The third-order valence-corrected chi connectivity index (χ3v) is 6.07. The van der Waals surface area contributed by atoms with E-state index >= 15 is 0 Å². The minimum atomic E-state index is 0.342. The highest BCUT2D eigenvalue weighted by molar-refractivity contribution is 9.09. The predicted molar refractivity (Wildman–Crippen MR) is 81.7 cm³/mol. The molecule has 0 heterocycles. The molecule has 0 aliphatic heterocycles. The van der Waals surface area contributed by atoms with Gasteiger partial charge in [-0.1, -0.05) is 55.8 Å². The maximum atomic E-state index is 3.83. The van der Waals surface area contributed by atoms with Gasteiger partial charge in [-0.25, -0.2) is 0 Å². The van der Waals surface area contributed by atoms with Crippen LogP contribution in [0.25, 0.3) is 0 Å². The molecular weight excluding hydrogens is 284 g/mol. The number of hydrogen-bond acceptors (Lipinski definition) is 0. The second-order valence-electron chi connectivity index (χ2n) is 7.37. The van der Waals surface area contributed by atoms with Gasteiger partial charge in [0.05, 0.1) is 0 Å². The lowest BCUT2D eigenvalue weighted by molar-refractivity contribution is 0.331. The van der Waals surface area contributed by atoms with Gasteiger partial charge < -0.3 is 0 Å². The fraction of sp³-hybridized carbons (Fsp3) is 0.647. The summed E-state index contributed by atoms with van der Waals surface area (Å²) in [7, 11) is 0. The van der Waals surface area contributed by atoms with Crippen LogP contribution in [0.5, 0.6) is 0 Å². The third kappa shape index (κ3) is 1.78. The maximum absolute atomic E-state index is 3.83. The third-order valence-electron chi connectivity index (χ3n) is 5.12. The number of rotatable bonds is 0. The minimum Gasteiger partial charge on any atom is -0.0839 e. The molecule has 0 saturated carbocycles. The van der Waals surface area contributed by atoms with Gasteiger partial charge in [0.15, 0.2) is 0 Å². The standard InChI is InChI=1S/C17H23Br/c1-16(2)7-8-17(3,4)14-10-12-11(9-13(14)16)5-6-15(12)18/h9-10,15H,5-8H2,1-4H3/t15-/m1/s1. The van der Waals surface area contributed by atoms with Crippen molar-refractivity contribution in [1.29, 1.82) is 0 Å². The Morgan fingerprint density at radius 1 is 1.00 bits per heavy atom. The van der Waals surface area contributed by atoms with E-state index in [1.807, 2.05) is 0 Å². The van der Waals surface area contributed by atoms with Crippen LogP contribution in [0.3, 0.4) is 0 Å². The van der Waals surface area contributed by atoms with Gasteiger partial charge in [-0.2, -0.15) is 0 Å². The quantitative estimate of drug-likeness (QED) is 0.562. The topological polar surface area (TPSA) is 0 Å². The van der Waals surface area contributed by atoms with Crippen molar-refractivity contribution >= 4 is 15.9 Å². The first-order valence-electron chi connectivity index (χ1n) is 7.13. The van der Waals surface area contributed by atoms with Crippen LogP contribution >= 0.6 is 15.9 Å². The Kier molecular flexibility index (Phi) is 2.72. The van der Waals surface area contributed by atoms with Gasteiger partial charge in [0, 0.05) is 4.83 Å². The summed E-state index contributed by atoms with van der Waals surface area (Å²) in [5.41, 5.74) is 7.04. The summed E-state index contributed by atoms with van der Waals surface area (Å²) in [6, 6.07) is 5.03. The van der Waals surface area contributed by atoms with Crippen molar-refractivity contribution in [3.8, 4) is 0 Å². The van der Waals surface area contributed by atoms with Crippen molar-refractivity contribution in [3.63, 3.8) is 0 Å². The van der Waals surface area contributed by atoms with Gasteiger partial charge in [0.25, 0.3) is 0 Å². The molecule has 0 radical (unpaired) electrons. The van der Waals surface area contributed by atoms with Gasteiger partial charge in [0.1, 0.15) is 0 Å². The molecule has 0 N–H and O–H groups in total. The highest BCUT2D eigenvalue weighted by Gasteiger charge is 2.38.